The van der Waals surface area contributed by atoms with Gasteiger partial charge in [-0.3, -0.25) is 9.48 Å². The van der Waals surface area contributed by atoms with E-state index < -0.39 is 0 Å². The summed E-state index contributed by atoms with van der Waals surface area (Å²) in [6.07, 6.45) is 4.43. The lowest BCUT2D eigenvalue weighted by Gasteiger charge is -2.20. The van der Waals surface area contributed by atoms with Gasteiger partial charge in [0.1, 0.15) is 11.4 Å². The van der Waals surface area contributed by atoms with E-state index in [4.69, 9.17) is 9.72 Å². The van der Waals surface area contributed by atoms with Gasteiger partial charge in [0, 0.05) is 57.1 Å². The monoisotopic (exact) mass is 434 g/mol. The van der Waals surface area contributed by atoms with Crippen LogP contribution in [0.2, 0.25) is 0 Å². The van der Waals surface area contributed by atoms with Crippen LogP contribution in [0.4, 0.5) is 5.95 Å². The van der Waals surface area contributed by atoms with E-state index in [1.165, 1.54) is 0 Å². The van der Waals surface area contributed by atoms with E-state index in [1.807, 2.05) is 68.2 Å². The van der Waals surface area contributed by atoms with Crippen LogP contribution in [0, 0.1) is 0 Å². The Morgan fingerprint density at radius 1 is 1.19 bits per heavy atom. The molecule has 0 N–H and O–H groups in total. The molecule has 8 heteroatoms. The molecule has 32 heavy (non-hydrogen) atoms. The van der Waals surface area contributed by atoms with E-state index >= 15 is 0 Å². The lowest BCUT2D eigenvalue weighted by atomic mass is 9.96. The largest absolute Gasteiger partial charge is 0.497 e. The second-order valence-electron chi connectivity index (χ2n) is 8.58. The molecule has 0 spiro atoms. The van der Waals surface area contributed by atoms with Gasteiger partial charge in [-0.1, -0.05) is 12.1 Å². The highest BCUT2D eigenvalue weighted by atomic mass is 16.5. The second-order valence-corrected chi connectivity index (χ2v) is 8.58. The molecule has 2 aromatic heterocycles. The van der Waals surface area contributed by atoms with Crippen LogP contribution in [-0.2, 0) is 0 Å². The minimum absolute atomic E-state index is 0.0200. The average Bonchev–Trinajstić information content (AvgIpc) is 3.48. The van der Waals surface area contributed by atoms with E-state index in [1.54, 1.807) is 24.1 Å². The van der Waals surface area contributed by atoms with Crippen LogP contribution in [0.5, 0.6) is 5.75 Å². The van der Waals surface area contributed by atoms with Crippen LogP contribution in [0.3, 0.4) is 0 Å². The SMILES string of the molecule is COc1ccc(-c2cnc(N(C)C)nc2C2CCN(C(=O)c3ccnn3C(C)C)C2)cc1. The van der Waals surface area contributed by atoms with Crippen molar-refractivity contribution in [3.05, 3.63) is 54.1 Å². The quantitative estimate of drug-likeness (QED) is 0.590. The number of nitrogens with zero attached hydrogens (tertiary/aromatic N) is 6. The van der Waals surface area contributed by atoms with Crippen LogP contribution >= 0.6 is 0 Å². The zero-order valence-corrected chi connectivity index (χ0v) is 19.3. The van der Waals surface area contributed by atoms with Gasteiger partial charge >= 0.3 is 0 Å². The Kier molecular flexibility index (Phi) is 6.12. The number of ether oxygens (including phenoxy) is 1. The molecule has 1 fully saturated rings. The van der Waals surface area contributed by atoms with E-state index in [0.29, 0.717) is 24.7 Å². The lowest BCUT2D eigenvalue weighted by molar-refractivity contribution is 0.0776. The molecule has 1 atom stereocenters. The molecule has 168 valence electrons. The van der Waals surface area contributed by atoms with Gasteiger partial charge in [0.2, 0.25) is 5.95 Å². The Labute approximate surface area is 188 Å². The van der Waals surface area contributed by atoms with Gasteiger partial charge in [-0.05, 0) is 44.0 Å². The summed E-state index contributed by atoms with van der Waals surface area (Å²) in [5.41, 5.74) is 3.63. The van der Waals surface area contributed by atoms with Gasteiger partial charge in [0.25, 0.3) is 5.91 Å². The number of hydrogen-bond donors (Lipinski definition) is 0. The summed E-state index contributed by atoms with van der Waals surface area (Å²) >= 11 is 0. The topological polar surface area (TPSA) is 76.4 Å². The summed E-state index contributed by atoms with van der Waals surface area (Å²) in [7, 11) is 5.53. The maximum atomic E-state index is 13.2. The number of aromatic nitrogens is 4. The number of carbonyl (C=O) groups is 1. The van der Waals surface area contributed by atoms with Crippen LogP contribution < -0.4 is 9.64 Å². The molecule has 0 bridgehead atoms. The molecule has 4 rings (SSSR count). The molecule has 3 aromatic rings. The molecular weight excluding hydrogens is 404 g/mol. The molecule has 1 aromatic carbocycles. The van der Waals surface area contributed by atoms with Crippen molar-refractivity contribution in [1.29, 1.82) is 0 Å². The van der Waals surface area contributed by atoms with Crippen molar-refractivity contribution >= 4 is 11.9 Å². The first-order chi connectivity index (χ1) is 15.4. The van der Waals surface area contributed by atoms with E-state index in [0.717, 1.165) is 29.0 Å². The predicted molar refractivity (Wildman–Crippen MR) is 124 cm³/mol. The number of likely N-dealkylation sites (tertiary alicyclic amines) is 1. The van der Waals surface area contributed by atoms with E-state index in [2.05, 4.69) is 10.1 Å². The first kappa shape index (κ1) is 21.8. The third kappa shape index (κ3) is 4.17. The molecule has 1 unspecified atom stereocenters. The smallest absolute Gasteiger partial charge is 0.272 e. The third-order valence-corrected chi connectivity index (χ3v) is 5.85. The summed E-state index contributed by atoms with van der Waals surface area (Å²) in [4.78, 5) is 26.5. The molecule has 8 nitrogen and oxygen atoms in total. The van der Waals surface area contributed by atoms with Crippen molar-refractivity contribution in [2.75, 3.05) is 39.2 Å². The summed E-state index contributed by atoms with van der Waals surface area (Å²) in [6, 6.07) is 9.86. The minimum atomic E-state index is 0.0200. The molecule has 3 heterocycles. The molecule has 0 saturated carbocycles. The number of rotatable bonds is 6. The number of amides is 1. The Morgan fingerprint density at radius 2 is 1.94 bits per heavy atom. The van der Waals surface area contributed by atoms with Crippen LogP contribution in [0.15, 0.2) is 42.7 Å². The third-order valence-electron chi connectivity index (χ3n) is 5.85. The summed E-state index contributed by atoms with van der Waals surface area (Å²) in [5.74, 6) is 1.63. The number of hydrogen-bond acceptors (Lipinski definition) is 6. The zero-order chi connectivity index (χ0) is 22.8. The fraction of sp³-hybridized carbons (Fsp3) is 0.417. The van der Waals surface area contributed by atoms with Crippen molar-refractivity contribution in [3.8, 4) is 16.9 Å². The van der Waals surface area contributed by atoms with Crippen molar-refractivity contribution in [3.63, 3.8) is 0 Å². The van der Waals surface area contributed by atoms with E-state index in [-0.39, 0.29) is 17.9 Å². The summed E-state index contributed by atoms with van der Waals surface area (Å²) in [5, 5.41) is 4.32. The maximum absolute atomic E-state index is 13.2. The first-order valence-electron chi connectivity index (χ1n) is 10.9. The number of benzene rings is 1. The highest BCUT2D eigenvalue weighted by Crippen LogP contribution is 2.35. The van der Waals surface area contributed by atoms with E-state index in [9.17, 15) is 4.79 Å². The van der Waals surface area contributed by atoms with Crippen molar-refractivity contribution < 1.29 is 9.53 Å². The van der Waals surface area contributed by atoms with Gasteiger partial charge in [0.05, 0.1) is 12.8 Å². The molecular formula is C24H30N6O2. The Hall–Kier alpha value is -3.42. The highest BCUT2D eigenvalue weighted by Gasteiger charge is 2.32. The predicted octanol–water partition coefficient (Wildman–Crippen LogP) is 3.63. The molecule has 0 radical (unpaired) electrons. The number of methoxy groups -OCH3 is 1. The van der Waals surface area contributed by atoms with Gasteiger partial charge in [-0.15, -0.1) is 0 Å². The molecule has 1 aliphatic heterocycles. The van der Waals surface area contributed by atoms with Gasteiger partial charge in [-0.2, -0.15) is 5.10 Å². The first-order valence-corrected chi connectivity index (χ1v) is 10.9. The highest BCUT2D eigenvalue weighted by molar-refractivity contribution is 5.92. The van der Waals surface area contributed by atoms with Crippen LogP contribution in [-0.4, -0.2) is 64.9 Å². The normalized spacial score (nSPS) is 15.9. The molecule has 0 aliphatic carbocycles. The van der Waals surface area contributed by atoms with Crippen molar-refractivity contribution in [1.82, 2.24) is 24.6 Å². The zero-order valence-electron chi connectivity index (χ0n) is 19.3. The summed E-state index contributed by atoms with van der Waals surface area (Å²) in [6.45, 7) is 5.37. The second kappa shape index (κ2) is 8.98. The minimum Gasteiger partial charge on any atom is -0.497 e. The number of anilines is 1. The van der Waals surface area contributed by atoms with Crippen molar-refractivity contribution in [2.24, 2.45) is 0 Å². The maximum Gasteiger partial charge on any atom is 0.272 e. The standard InChI is InChI=1S/C24H30N6O2/c1-16(2)30-21(10-12-26-30)23(31)29-13-11-18(15-29)22-20(14-25-24(27-22)28(3)4)17-6-8-19(32-5)9-7-17/h6-10,12,14,16,18H,11,13,15H2,1-5H3. The molecule has 1 saturated heterocycles. The van der Waals surface area contributed by atoms with Gasteiger partial charge < -0.3 is 14.5 Å². The Balaban J connectivity index is 1.64. The molecule has 1 amide bonds. The Morgan fingerprint density at radius 3 is 2.59 bits per heavy atom. The average molecular weight is 435 g/mol. The van der Waals surface area contributed by atoms with Crippen LogP contribution in [0.1, 0.15) is 48.4 Å². The Bertz CT molecular complexity index is 1090. The van der Waals surface area contributed by atoms with Crippen molar-refractivity contribution in [2.45, 2.75) is 32.2 Å². The van der Waals surface area contributed by atoms with Gasteiger partial charge in [0.15, 0.2) is 0 Å². The fourth-order valence-corrected chi connectivity index (χ4v) is 4.13. The lowest BCUT2D eigenvalue weighted by Crippen LogP contribution is -2.31. The summed E-state index contributed by atoms with van der Waals surface area (Å²) < 4.78 is 7.08. The fourth-order valence-electron chi connectivity index (χ4n) is 4.13. The van der Waals surface area contributed by atoms with Crippen LogP contribution in [0.25, 0.3) is 11.1 Å². The number of carbonyl (C=O) groups excluding carboxylic acids is 1. The van der Waals surface area contributed by atoms with Gasteiger partial charge in [-0.25, -0.2) is 9.97 Å². The molecule has 1 aliphatic rings.